The van der Waals surface area contributed by atoms with Crippen LogP contribution in [0.5, 0.6) is 0 Å². The summed E-state index contributed by atoms with van der Waals surface area (Å²) in [5.74, 6) is 0.516. The first-order valence-corrected chi connectivity index (χ1v) is 4.02. The monoisotopic (exact) mass is 158 g/mol. The lowest BCUT2D eigenvalue weighted by Crippen LogP contribution is -1.98. The molecule has 0 radical (unpaired) electrons. The van der Waals surface area contributed by atoms with E-state index in [2.05, 4.69) is 6.92 Å². The molecule has 0 aromatic carbocycles. The minimum atomic E-state index is 0.282. The smallest absolute Gasteiger partial charge is 0.0816 e. The number of aliphatic hydroxyl groups excluding tert-OH is 1. The first-order chi connectivity index (χ1) is 5.22. The minimum Gasteiger partial charge on any atom is -0.504 e. The van der Waals surface area contributed by atoms with Crippen LogP contribution >= 0.6 is 0 Å². The predicted octanol–water partition coefficient (Wildman–Crippen LogP) is 1.95. The number of aliphatic hydroxyl groups is 1. The van der Waals surface area contributed by atoms with Crippen LogP contribution in [0.3, 0.4) is 0 Å². The molecular formula is C9H18O2. The van der Waals surface area contributed by atoms with Crippen LogP contribution < -0.4 is 0 Å². The topological polar surface area (TPSA) is 29.5 Å². The number of methoxy groups -OCH3 is 1. The fourth-order valence-electron chi connectivity index (χ4n) is 0.927. The summed E-state index contributed by atoms with van der Waals surface area (Å²) in [6, 6.07) is 0. The van der Waals surface area contributed by atoms with Crippen molar-refractivity contribution in [3.8, 4) is 0 Å². The highest BCUT2D eigenvalue weighted by atomic mass is 16.5. The highest BCUT2D eigenvalue weighted by Gasteiger charge is 2.02. The standard InChI is InChI=1S/C9H18O2/c1-8(5-4-6-10)9(2)7-11-3/h7-8,10H,4-6H2,1-3H3/b9-7+. The van der Waals surface area contributed by atoms with Crippen LogP contribution in [0.15, 0.2) is 11.8 Å². The van der Waals surface area contributed by atoms with Gasteiger partial charge in [-0.15, -0.1) is 0 Å². The average Bonchev–Trinajstić information content (AvgIpc) is 2.00. The Bertz CT molecular complexity index is 119. The van der Waals surface area contributed by atoms with E-state index in [1.165, 1.54) is 5.57 Å². The van der Waals surface area contributed by atoms with Gasteiger partial charge in [-0.1, -0.05) is 6.92 Å². The zero-order valence-electron chi connectivity index (χ0n) is 7.63. The molecule has 0 heterocycles. The molecular weight excluding hydrogens is 140 g/mol. The number of ether oxygens (including phenoxy) is 1. The van der Waals surface area contributed by atoms with Crippen LogP contribution in [0.4, 0.5) is 0 Å². The highest BCUT2D eigenvalue weighted by molar-refractivity contribution is 4.97. The predicted molar refractivity (Wildman–Crippen MR) is 46.2 cm³/mol. The highest BCUT2D eigenvalue weighted by Crippen LogP contribution is 2.15. The summed E-state index contributed by atoms with van der Waals surface area (Å²) in [6.07, 6.45) is 3.67. The van der Waals surface area contributed by atoms with Gasteiger partial charge in [0.15, 0.2) is 0 Å². The molecule has 1 unspecified atom stereocenters. The summed E-state index contributed by atoms with van der Waals surface area (Å²) in [7, 11) is 1.66. The maximum absolute atomic E-state index is 8.58. The maximum Gasteiger partial charge on any atom is 0.0816 e. The van der Waals surface area contributed by atoms with Crippen molar-refractivity contribution >= 4 is 0 Å². The summed E-state index contributed by atoms with van der Waals surface area (Å²) >= 11 is 0. The molecule has 0 rings (SSSR count). The van der Waals surface area contributed by atoms with Gasteiger partial charge in [0, 0.05) is 6.61 Å². The molecule has 0 spiro atoms. The molecule has 2 nitrogen and oxygen atoms in total. The lowest BCUT2D eigenvalue weighted by molar-refractivity contribution is 0.275. The fourth-order valence-corrected chi connectivity index (χ4v) is 0.927. The van der Waals surface area contributed by atoms with Crippen molar-refractivity contribution in [2.75, 3.05) is 13.7 Å². The fraction of sp³-hybridized carbons (Fsp3) is 0.778. The SMILES string of the molecule is CO/C=C(\C)C(C)CCCO. The molecule has 0 aliphatic rings. The summed E-state index contributed by atoms with van der Waals surface area (Å²) < 4.78 is 4.88. The molecule has 1 atom stereocenters. The molecule has 0 aromatic heterocycles. The van der Waals surface area contributed by atoms with E-state index < -0.39 is 0 Å². The molecule has 66 valence electrons. The van der Waals surface area contributed by atoms with Gasteiger partial charge in [0.1, 0.15) is 0 Å². The zero-order valence-corrected chi connectivity index (χ0v) is 7.63. The molecule has 0 bridgehead atoms. The normalized spacial score (nSPS) is 14.7. The van der Waals surface area contributed by atoms with Crippen LogP contribution in [0.2, 0.25) is 0 Å². The third-order valence-corrected chi connectivity index (χ3v) is 1.88. The van der Waals surface area contributed by atoms with Crippen molar-refractivity contribution in [3.05, 3.63) is 11.8 Å². The molecule has 1 N–H and O–H groups in total. The number of rotatable bonds is 5. The second kappa shape index (κ2) is 6.23. The van der Waals surface area contributed by atoms with Gasteiger partial charge in [0.2, 0.25) is 0 Å². The summed E-state index contributed by atoms with van der Waals surface area (Å²) in [6.45, 7) is 4.47. The van der Waals surface area contributed by atoms with Gasteiger partial charge in [-0.25, -0.2) is 0 Å². The third-order valence-electron chi connectivity index (χ3n) is 1.88. The van der Waals surface area contributed by atoms with Gasteiger partial charge in [-0.05, 0) is 31.3 Å². The second-order valence-electron chi connectivity index (χ2n) is 2.86. The minimum absolute atomic E-state index is 0.282. The first kappa shape index (κ1) is 10.5. The first-order valence-electron chi connectivity index (χ1n) is 4.02. The Kier molecular flexibility index (Phi) is 5.94. The lowest BCUT2D eigenvalue weighted by Gasteiger charge is -2.09. The Hall–Kier alpha value is -0.500. The third kappa shape index (κ3) is 4.85. The van der Waals surface area contributed by atoms with Crippen molar-refractivity contribution in [3.63, 3.8) is 0 Å². The van der Waals surface area contributed by atoms with Gasteiger partial charge in [-0.2, -0.15) is 0 Å². The number of hydrogen-bond acceptors (Lipinski definition) is 2. The maximum atomic E-state index is 8.58. The molecule has 0 aliphatic carbocycles. The van der Waals surface area contributed by atoms with Crippen LogP contribution in [0.25, 0.3) is 0 Å². The van der Waals surface area contributed by atoms with E-state index in [1.807, 2.05) is 6.92 Å². The molecule has 0 saturated heterocycles. The summed E-state index contributed by atoms with van der Waals surface area (Å²) in [5, 5.41) is 8.58. The molecule has 11 heavy (non-hydrogen) atoms. The quantitative estimate of drug-likeness (QED) is 0.620. The molecule has 0 aromatic rings. The van der Waals surface area contributed by atoms with Crippen molar-refractivity contribution in [1.29, 1.82) is 0 Å². The second-order valence-corrected chi connectivity index (χ2v) is 2.86. The van der Waals surface area contributed by atoms with Crippen LogP contribution in [0.1, 0.15) is 26.7 Å². The molecule has 0 saturated carbocycles. The van der Waals surface area contributed by atoms with E-state index in [4.69, 9.17) is 9.84 Å². The van der Waals surface area contributed by atoms with E-state index in [-0.39, 0.29) is 6.61 Å². The van der Waals surface area contributed by atoms with Gasteiger partial charge < -0.3 is 9.84 Å². The van der Waals surface area contributed by atoms with Crippen molar-refractivity contribution < 1.29 is 9.84 Å². The summed E-state index contributed by atoms with van der Waals surface area (Å²) in [5.41, 5.74) is 1.24. The Morgan fingerprint density at radius 3 is 2.73 bits per heavy atom. The van der Waals surface area contributed by atoms with Crippen molar-refractivity contribution in [2.45, 2.75) is 26.7 Å². The lowest BCUT2D eigenvalue weighted by atomic mass is 9.99. The van der Waals surface area contributed by atoms with Crippen LogP contribution in [0, 0.1) is 5.92 Å². The molecule has 0 amide bonds. The van der Waals surface area contributed by atoms with E-state index in [0.717, 1.165) is 12.8 Å². The van der Waals surface area contributed by atoms with Crippen LogP contribution in [-0.2, 0) is 4.74 Å². The van der Waals surface area contributed by atoms with E-state index in [1.54, 1.807) is 13.4 Å². The van der Waals surface area contributed by atoms with Gasteiger partial charge in [0.05, 0.1) is 13.4 Å². The van der Waals surface area contributed by atoms with Crippen molar-refractivity contribution in [1.82, 2.24) is 0 Å². The Labute approximate surface area is 68.9 Å². The van der Waals surface area contributed by atoms with Crippen LogP contribution in [-0.4, -0.2) is 18.8 Å². The van der Waals surface area contributed by atoms with Gasteiger partial charge in [0.25, 0.3) is 0 Å². The number of allylic oxidation sites excluding steroid dienone is 1. The van der Waals surface area contributed by atoms with E-state index >= 15 is 0 Å². The average molecular weight is 158 g/mol. The Morgan fingerprint density at radius 2 is 2.27 bits per heavy atom. The van der Waals surface area contributed by atoms with Gasteiger partial charge >= 0.3 is 0 Å². The Morgan fingerprint density at radius 1 is 1.64 bits per heavy atom. The molecule has 0 aliphatic heterocycles. The van der Waals surface area contributed by atoms with Gasteiger partial charge in [-0.3, -0.25) is 0 Å². The largest absolute Gasteiger partial charge is 0.504 e. The summed E-state index contributed by atoms with van der Waals surface area (Å²) in [4.78, 5) is 0. The van der Waals surface area contributed by atoms with E-state index in [0.29, 0.717) is 5.92 Å². The molecule has 2 heteroatoms. The van der Waals surface area contributed by atoms with Crippen molar-refractivity contribution in [2.24, 2.45) is 5.92 Å². The Balaban J connectivity index is 3.63. The number of hydrogen-bond donors (Lipinski definition) is 1. The zero-order chi connectivity index (χ0) is 8.69. The molecule has 0 fully saturated rings. The van der Waals surface area contributed by atoms with E-state index in [9.17, 15) is 0 Å².